The summed E-state index contributed by atoms with van der Waals surface area (Å²) in [5.74, 6) is -0.106. The Labute approximate surface area is 152 Å². The Morgan fingerprint density at radius 1 is 1.46 bits per heavy atom. The average molecular weight is 388 g/mol. The van der Waals surface area contributed by atoms with Crippen molar-refractivity contribution in [2.75, 3.05) is 13.7 Å². The molecule has 0 unspecified atom stereocenters. The molecule has 0 aliphatic carbocycles. The molecule has 26 heavy (non-hydrogen) atoms. The van der Waals surface area contributed by atoms with Crippen molar-refractivity contribution < 1.29 is 27.6 Å². The van der Waals surface area contributed by atoms with Gasteiger partial charge in [-0.15, -0.1) is 0 Å². The molecule has 3 rings (SSSR count). The van der Waals surface area contributed by atoms with Crippen molar-refractivity contribution in [2.45, 2.75) is 32.1 Å². The van der Waals surface area contributed by atoms with Crippen molar-refractivity contribution in [1.82, 2.24) is 15.0 Å². The highest BCUT2D eigenvalue weighted by Gasteiger charge is 2.40. The molecule has 1 aromatic heterocycles. The summed E-state index contributed by atoms with van der Waals surface area (Å²) in [5, 5.41) is 3.96. The fourth-order valence-corrected chi connectivity index (χ4v) is 3.07. The number of carbonyl (C=O) groups is 1. The van der Waals surface area contributed by atoms with Crippen molar-refractivity contribution in [3.05, 3.63) is 40.5 Å². The summed E-state index contributed by atoms with van der Waals surface area (Å²) in [7, 11) is 1.53. The van der Waals surface area contributed by atoms with Crippen LogP contribution in [0.15, 0.2) is 22.7 Å². The average Bonchev–Trinajstić information content (AvgIpc) is 3.21. The molecule has 2 aromatic rings. The van der Waals surface area contributed by atoms with Crippen LogP contribution in [0.1, 0.15) is 34.5 Å². The second-order valence-corrected chi connectivity index (χ2v) is 6.20. The van der Waals surface area contributed by atoms with Gasteiger partial charge in [0.15, 0.2) is 5.82 Å². The van der Waals surface area contributed by atoms with E-state index in [4.69, 9.17) is 20.9 Å². The monoisotopic (exact) mass is 387 g/mol. The highest BCUT2D eigenvalue weighted by Crippen LogP contribution is 2.36. The lowest BCUT2D eigenvalue weighted by Gasteiger charge is -2.23. The van der Waals surface area contributed by atoms with Gasteiger partial charge in [-0.25, -0.2) is 0 Å². The van der Waals surface area contributed by atoms with Gasteiger partial charge >= 0.3 is 6.61 Å². The maximum atomic E-state index is 13.1. The Balaban J connectivity index is 1.95. The number of aryl methyl sites for hydroxylation is 1. The second-order valence-electron chi connectivity index (χ2n) is 5.77. The molecule has 1 saturated heterocycles. The van der Waals surface area contributed by atoms with E-state index in [9.17, 15) is 13.6 Å². The molecule has 7 nitrogen and oxygen atoms in total. The number of aromatic nitrogens is 2. The third-order valence-electron chi connectivity index (χ3n) is 4.07. The van der Waals surface area contributed by atoms with Gasteiger partial charge in [-0.1, -0.05) is 16.8 Å². The third-order valence-corrected chi connectivity index (χ3v) is 4.31. The largest absolute Gasteiger partial charge is 0.434 e. The summed E-state index contributed by atoms with van der Waals surface area (Å²) in [6.07, 6.45) is 0.185. The molecule has 1 aliphatic heterocycles. The lowest BCUT2D eigenvalue weighted by Crippen LogP contribution is -2.32. The van der Waals surface area contributed by atoms with Crippen LogP contribution in [0.25, 0.3) is 0 Å². The minimum atomic E-state index is -3.07. The number of methoxy groups -OCH3 is 1. The Kier molecular flexibility index (Phi) is 5.38. The zero-order valence-corrected chi connectivity index (χ0v) is 14.7. The highest BCUT2D eigenvalue weighted by atomic mass is 35.5. The predicted molar refractivity (Wildman–Crippen MR) is 86.3 cm³/mol. The number of amides is 1. The molecule has 0 N–H and O–H groups in total. The Hall–Kier alpha value is -2.26. The molecule has 0 bridgehead atoms. The molecule has 2 heterocycles. The topological polar surface area (TPSA) is 77.7 Å². The van der Waals surface area contributed by atoms with Crippen molar-refractivity contribution in [1.29, 1.82) is 0 Å². The molecule has 0 spiro atoms. The maximum absolute atomic E-state index is 13.1. The number of ether oxygens (including phenoxy) is 2. The van der Waals surface area contributed by atoms with E-state index >= 15 is 0 Å². The van der Waals surface area contributed by atoms with Gasteiger partial charge in [0.2, 0.25) is 5.89 Å². The smallest absolute Gasteiger partial charge is 0.387 e. The van der Waals surface area contributed by atoms with Crippen LogP contribution in [-0.2, 0) is 4.74 Å². The quantitative estimate of drug-likeness (QED) is 0.783. The van der Waals surface area contributed by atoms with Crippen LogP contribution in [0.2, 0.25) is 5.02 Å². The summed E-state index contributed by atoms with van der Waals surface area (Å²) in [6, 6.07) is 3.36. The van der Waals surface area contributed by atoms with E-state index in [1.807, 2.05) is 0 Å². The maximum Gasteiger partial charge on any atom is 0.387 e. The van der Waals surface area contributed by atoms with E-state index in [1.54, 1.807) is 6.92 Å². The number of likely N-dealkylation sites (tertiary alicyclic amines) is 1. The number of hydrogen-bond acceptors (Lipinski definition) is 6. The molecule has 1 aliphatic rings. The first-order valence-corrected chi connectivity index (χ1v) is 8.15. The number of carbonyl (C=O) groups excluding carboxylic acids is 1. The van der Waals surface area contributed by atoms with E-state index in [2.05, 4.69) is 14.9 Å². The summed E-state index contributed by atoms with van der Waals surface area (Å²) in [4.78, 5) is 18.7. The molecule has 0 radical (unpaired) electrons. The minimum Gasteiger partial charge on any atom is -0.434 e. The second kappa shape index (κ2) is 7.55. The molecule has 2 atom stereocenters. The van der Waals surface area contributed by atoms with Crippen LogP contribution in [0.3, 0.4) is 0 Å². The SMILES string of the molecule is CO[C@H]1C[C@H](c2nc(C)no2)N(C(=O)c2cc(Cl)ccc2OC(F)F)C1. The van der Waals surface area contributed by atoms with Crippen molar-refractivity contribution in [3.63, 3.8) is 0 Å². The zero-order valence-electron chi connectivity index (χ0n) is 14.0. The van der Waals surface area contributed by atoms with Gasteiger partial charge in [0, 0.05) is 25.1 Å². The molecule has 1 aromatic carbocycles. The Bertz CT molecular complexity index is 802. The van der Waals surface area contributed by atoms with Gasteiger partial charge in [-0.05, 0) is 25.1 Å². The van der Waals surface area contributed by atoms with Crippen LogP contribution in [0, 0.1) is 6.92 Å². The number of hydrogen-bond donors (Lipinski definition) is 0. The molecule has 1 amide bonds. The van der Waals surface area contributed by atoms with Crippen LogP contribution in [0.4, 0.5) is 8.78 Å². The van der Waals surface area contributed by atoms with Gasteiger partial charge < -0.3 is 18.9 Å². The van der Waals surface area contributed by atoms with E-state index in [0.717, 1.165) is 0 Å². The number of alkyl halides is 2. The van der Waals surface area contributed by atoms with Crippen LogP contribution in [-0.4, -0.2) is 47.3 Å². The van der Waals surface area contributed by atoms with Gasteiger partial charge in [-0.3, -0.25) is 4.79 Å². The molecule has 0 saturated carbocycles. The van der Waals surface area contributed by atoms with Crippen molar-refractivity contribution in [3.8, 4) is 5.75 Å². The first-order valence-electron chi connectivity index (χ1n) is 7.77. The summed E-state index contributed by atoms with van der Waals surface area (Å²) in [5.41, 5.74) is -0.0733. The molecule has 1 fully saturated rings. The van der Waals surface area contributed by atoms with Gasteiger partial charge in [0.25, 0.3) is 5.91 Å². The number of rotatable bonds is 5. The lowest BCUT2D eigenvalue weighted by atomic mass is 10.1. The molecule has 10 heteroatoms. The van der Waals surface area contributed by atoms with Crippen LogP contribution in [0.5, 0.6) is 5.75 Å². The minimum absolute atomic E-state index is 0.0733. The number of benzene rings is 1. The first kappa shape index (κ1) is 18.5. The van der Waals surface area contributed by atoms with Crippen molar-refractivity contribution in [2.24, 2.45) is 0 Å². The molecule has 140 valence electrons. The van der Waals surface area contributed by atoms with E-state index < -0.39 is 18.6 Å². The fraction of sp³-hybridized carbons (Fsp3) is 0.438. The summed E-state index contributed by atoms with van der Waals surface area (Å²) >= 11 is 5.94. The van der Waals surface area contributed by atoms with E-state index in [-0.39, 0.29) is 34.9 Å². The third kappa shape index (κ3) is 3.78. The number of halogens is 3. The zero-order chi connectivity index (χ0) is 18.8. The predicted octanol–water partition coefficient (Wildman–Crippen LogP) is 3.24. The summed E-state index contributed by atoms with van der Waals surface area (Å²) in [6.45, 7) is -1.17. The van der Waals surface area contributed by atoms with E-state index in [1.165, 1.54) is 30.2 Å². The van der Waals surface area contributed by atoms with E-state index in [0.29, 0.717) is 12.2 Å². The number of nitrogens with zero attached hydrogens (tertiary/aromatic N) is 3. The first-order chi connectivity index (χ1) is 12.4. The Morgan fingerprint density at radius 3 is 2.85 bits per heavy atom. The van der Waals surface area contributed by atoms with Gasteiger partial charge in [-0.2, -0.15) is 13.8 Å². The van der Waals surface area contributed by atoms with Crippen LogP contribution >= 0.6 is 11.6 Å². The van der Waals surface area contributed by atoms with Gasteiger partial charge in [0.05, 0.1) is 11.7 Å². The normalized spacial score (nSPS) is 20.0. The molecular weight excluding hydrogens is 372 g/mol. The Morgan fingerprint density at radius 2 is 2.23 bits per heavy atom. The standard InChI is InChI=1S/C16H16ClF2N3O4/c1-8-20-14(26-21-8)12-6-10(24-2)7-22(12)15(23)11-5-9(17)3-4-13(11)25-16(18)19/h3-5,10,12,16H,6-7H2,1-2H3/t10-,12+/m0/s1. The van der Waals surface area contributed by atoms with Crippen LogP contribution < -0.4 is 4.74 Å². The van der Waals surface area contributed by atoms with Gasteiger partial charge in [0.1, 0.15) is 11.8 Å². The summed E-state index contributed by atoms with van der Waals surface area (Å²) < 4.78 is 40.3. The van der Waals surface area contributed by atoms with Crippen molar-refractivity contribution >= 4 is 17.5 Å². The molecular formula is C16H16ClF2N3O4. The highest BCUT2D eigenvalue weighted by molar-refractivity contribution is 6.31. The fourth-order valence-electron chi connectivity index (χ4n) is 2.90. The lowest BCUT2D eigenvalue weighted by molar-refractivity contribution is -0.0503.